The molecule has 1 atom stereocenters. The predicted molar refractivity (Wildman–Crippen MR) is 59.1 cm³/mol. The summed E-state index contributed by atoms with van der Waals surface area (Å²) in [5, 5.41) is 4.28. The number of hydrogen-bond donors (Lipinski definition) is 2. The number of nitrogens with zero attached hydrogens (tertiary/aromatic N) is 4. The molecule has 1 unspecified atom stereocenters. The van der Waals surface area contributed by atoms with Gasteiger partial charge in [0.2, 0.25) is 0 Å². The maximum atomic E-state index is 5.56. The summed E-state index contributed by atoms with van der Waals surface area (Å²) in [6, 6.07) is -0.178. The number of hydrogen-bond acceptors (Lipinski definition) is 5. The zero-order valence-corrected chi connectivity index (χ0v) is 9.25. The Balaban J connectivity index is 2.40. The molecule has 0 radical (unpaired) electrons. The SMILES string of the molecule is Cc1nn(C)cc1C(NN)c1cnccn1. The lowest BCUT2D eigenvalue weighted by atomic mass is 10.1. The fourth-order valence-corrected chi connectivity index (χ4v) is 1.70. The highest BCUT2D eigenvalue weighted by Crippen LogP contribution is 2.20. The Labute approximate surface area is 93.5 Å². The van der Waals surface area contributed by atoms with Gasteiger partial charge in [-0.3, -0.25) is 20.5 Å². The Morgan fingerprint density at radius 3 is 2.75 bits per heavy atom. The van der Waals surface area contributed by atoms with E-state index in [1.54, 1.807) is 23.3 Å². The van der Waals surface area contributed by atoms with Crippen LogP contribution in [0.5, 0.6) is 0 Å². The van der Waals surface area contributed by atoms with Crippen LogP contribution in [0, 0.1) is 6.92 Å². The van der Waals surface area contributed by atoms with Crippen molar-refractivity contribution in [3.63, 3.8) is 0 Å². The van der Waals surface area contributed by atoms with Gasteiger partial charge in [0, 0.05) is 31.2 Å². The van der Waals surface area contributed by atoms with E-state index in [9.17, 15) is 0 Å². The van der Waals surface area contributed by atoms with E-state index in [2.05, 4.69) is 20.5 Å². The van der Waals surface area contributed by atoms with Gasteiger partial charge < -0.3 is 0 Å². The lowest BCUT2D eigenvalue weighted by molar-refractivity contribution is 0.614. The van der Waals surface area contributed by atoms with Crippen LogP contribution in [-0.4, -0.2) is 19.7 Å². The molecule has 0 aliphatic heterocycles. The molecule has 2 aromatic rings. The van der Waals surface area contributed by atoms with Crippen LogP contribution >= 0.6 is 0 Å². The number of rotatable bonds is 3. The van der Waals surface area contributed by atoms with Crippen LogP contribution < -0.4 is 11.3 Å². The fraction of sp³-hybridized carbons (Fsp3) is 0.300. The van der Waals surface area contributed by atoms with Crippen molar-refractivity contribution in [3.05, 3.63) is 41.7 Å². The number of nitrogens with one attached hydrogen (secondary N) is 1. The third-order valence-electron chi connectivity index (χ3n) is 2.41. The van der Waals surface area contributed by atoms with Crippen LogP contribution in [0.3, 0.4) is 0 Å². The van der Waals surface area contributed by atoms with E-state index >= 15 is 0 Å². The Kier molecular flexibility index (Phi) is 2.93. The number of hydrazine groups is 1. The molecule has 0 amide bonds. The number of aryl methyl sites for hydroxylation is 2. The van der Waals surface area contributed by atoms with Gasteiger partial charge >= 0.3 is 0 Å². The summed E-state index contributed by atoms with van der Waals surface area (Å²) in [4.78, 5) is 8.26. The van der Waals surface area contributed by atoms with E-state index in [0.717, 1.165) is 17.0 Å². The highest BCUT2D eigenvalue weighted by atomic mass is 15.3. The molecule has 0 bridgehead atoms. The normalized spacial score (nSPS) is 12.7. The van der Waals surface area contributed by atoms with Gasteiger partial charge in [-0.25, -0.2) is 5.43 Å². The molecule has 0 saturated heterocycles. The maximum absolute atomic E-state index is 5.56. The maximum Gasteiger partial charge on any atom is 0.0929 e. The first-order chi connectivity index (χ1) is 7.72. The van der Waals surface area contributed by atoms with Crippen LogP contribution in [0.1, 0.15) is 23.0 Å². The second kappa shape index (κ2) is 4.38. The molecule has 2 aromatic heterocycles. The van der Waals surface area contributed by atoms with E-state index in [1.807, 2.05) is 20.2 Å². The van der Waals surface area contributed by atoms with Gasteiger partial charge in [-0.05, 0) is 6.92 Å². The Hall–Kier alpha value is -1.79. The standard InChI is InChI=1S/C10H14N6/c1-7-8(6-16(2)15-7)10(14-11)9-5-12-3-4-13-9/h3-6,10,14H,11H2,1-2H3. The molecule has 0 saturated carbocycles. The summed E-state index contributed by atoms with van der Waals surface area (Å²) < 4.78 is 1.76. The molecular weight excluding hydrogens is 204 g/mol. The Bertz CT molecular complexity index is 463. The van der Waals surface area contributed by atoms with Crippen LogP contribution in [0.4, 0.5) is 0 Å². The Morgan fingerprint density at radius 2 is 2.25 bits per heavy atom. The quantitative estimate of drug-likeness (QED) is 0.563. The summed E-state index contributed by atoms with van der Waals surface area (Å²) in [6.07, 6.45) is 6.89. The minimum atomic E-state index is -0.178. The lowest BCUT2D eigenvalue weighted by Gasteiger charge is -2.13. The summed E-state index contributed by atoms with van der Waals surface area (Å²) >= 11 is 0. The third-order valence-corrected chi connectivity index (χ3v) is 2.41. The van der Waals surface area contributed by atoms with Crippen molar-refractivity contribution < 1.29 is 0 Å². The predicted octanol–water partition coefficient (Wildman–Crippen LogP) is 0.0712. The molecular formula is C10H14N6. The minimum Gasteiger partial charge on any atom is -0.275 e. The molecule has 2 rings (SSSR count). The molecule has 0 aliphatic rings. The number of nitrogens with two attached hydrogens (primary N) is 1. The van der Waals surface area contributed by atoms with Gasteiger partial charge in [-0.15, -0.1) is 0 Å². The molecule has 2 heterocycles. The van der Waals surface area contributed by atoms with Crippen LogP contribution in [-0.2, 0) is 7.05 Å². The van der Waals surface area contributed by atoms with Gasteiger partial charge in [-0.1, -0.05) is 0 Å². The average molecular weight is 218 g/mol. The molecule has 0 fully saturated rings. The molecule has 0 aromatic carbocycles. The lowest BCUT2D eigenvalue weighted by Crippen LogP contribution is -2.29. The van der Waals surface area contributed by atoms with Crippen molar-refractivity contribution in [3.8, 4) is 0 Å². The summed E-state index contributed by atoms with van der Waals surface area (Å²) in [5.41, 5.74) is 5.44. The van der Waals surface area contributed by atoms with Crippen molar-refractivity contribution in [1.29, 1.82) is 0 Å². The van der Waals surface area contributed by atoms with Gasteiger partial charge in [0.15, 0.2) is 0 Å². The summed E-state index contributed by atoms with van der Waals surface area (Å²) in [6.45, 7) is 1.94. The molecule has 6 heteroatoms. The molecule has 16 heavy (non-hydrogen) atoms. The van der Waals surface area contributed by atoms with Crippen LogP contribution in [0.25, 0.3) is 0 Å². The summed E-state index contributed by atoms with van der Waals surface area (Å²) in [5.74, 6) is 5.56. The van der Waals surface area contributed by atoms with Crippen molar-refractivity contribution in [2.75, 3.05) is 0 Å². The summed E-state index contributed by atoms with van der Waals surface area (Å²) in [7, 11) is 1.88. The first-order valence-electron chi connectivity index (χ1n) is 4.94. The van der Waals surface area contributed by atoms with Crippen molar-refractivity contribution in [2.45, 2.75) is 13.0 Å². The highest BCUT2D eigenvalue weighted by Gasteiger charge is 2.18. The average Bonchev–Trinajstić information content (AvgIpc) is 2.61. The molecule has 0 aliphatic carbocycles. The van der Waals surface area contributed by atoms with Crippen molar-refractivity contribution in [1.82, 2.24) is 25.2 Å². The Morgan fingerprint density at radius 1 is 1.44 bits per heavy atom. The second-order valence-corrected chi connectivity index (χ2v) is 3.57. The molecule has 84 valence electrons. The molecule has 3 N–H and O–H groups in total. The van der Waals surface area contributed by atoms with Gasteiger partial charge in [0.1, 0.15) is 0 Å². The van der Waals surface area contributed by atoms with E-state index in [1.165, 1.54) is 0 Å². The van der Waals surface area contributed by atoms with E-state index in [4.69, 9.17) is 5.84 Å². The van der Waals surface area contributed by atoms with E-state index in [0.29, 0.717) is 0 Å². The van der Waals surface area contributed by atoms with Gasteiger partial charge in [0.05, 0.1) is 23.6 Å². The smallest absolute Gasteiger partial charge is 0.0929 e. The fourth-order valence-electron chi connectivity index (χ4n) is 1.70. The number of aromatic nitrogens is 4. The van der Waals surface area contributed by atoms with E-state index < -0.39 is 0 Å². The first kappa shape index (κ1) is 10.7. The third kappa shape index (κ3) is 1.93. The van der Waals surface area contributed by atoms with Gasteiger partial charge in [-0.2, -0.15) is 5.10 Å². The van der Waals surface area contributed by atoms with Crippen LogP contribution in [0.15, 0.2) is 24.8 Å². The second-order valence-electron chi connectivity index (χ2n) is 3.57. The highest BCUT2D eigenvalue weighted by molar-refractivity contribution is 5.27. The zero-order chi connectivity index (χ0) is 11.5. The van der Waals surface area contributed by atoms with Gasteiger partial charge in [0.25, 0.3) is 0 Å². The van der Waals surface area contributed by atoms with Crippen LogP contribution in [0.2, 0.25) is 0 Å². The first-order valence-corrected chi connectivity index (χ1v) is 4.94. The zero-order valence-electron chi connectivity index (χ0n) is 9.25. The minimum absolute atomic E-state index is 0.178. The molecule has 0 spiro atoms. The topological polar surface area (TPSA) is 81.7 Å². The van der Waals surface area contributed by atoms with Crippen molar-refractivity contribution >= 4 is 0 Å². The van der Waals surface area contributed by atoms with Crippen molar-refractivity contribution in [2.24, 2.45) is 12.9 Å². The monoisotopic (exact) mass is 218 g/mol. The van der Waals surface area contributed by atoms with E-state index in [-0.39, 0.29) is 6.04 Å². The molecule has 6 nitrogen and oxygen atoms in total. The largest absolute Gasteiger partial charge is 0.275 e.